The van der Waals surface area contributed by atoms with Gasteiger partial charge in [-0.25, -0.2) is 0 Å². The number of pyridine rings is 1. The summed E-state index contributed by atoms with van der Waals surface area (Å²) in [4.78, 5) is 23.3. The first-order valence-corrected chi connectivity index (χ1v) is 7.08. The number of anilines is 1. The molecule has 0 aliphatic carbocycles. The summed E-state index contributed by atoms with van der Waals surface area (Å²) >= 11 is 0. The Kier molecular flexibility index (Phi) is 4.01. The lowest BCUT2D eigenvalue weighted by Crippen LogP contribution is -2.24. The van der Waals surface area contributed by atoms with Crippen molar-refractivity contribution >= 4 is 23.1 Å². The third-order valence-corrected chi connectivity index (χ3v) is 3.24. The zero-order chi connectivity index (χ0) is 16.2. The molecule has 1 aromatic carbocycles. The molecule has 2 N–H and O–H groups in total. The van der Waals surface area contributed by atoms with Crippen LogP contribution in [0.25, 0.3) is 5.65 Å². The van der Waals surface area contributed by atoms with E-state index >= 15 is 0 Å². The second-order valence-corrected chi connectivity index (χ2v) is 4.99. The van der Waals surface area contributed by atoms with Gasteiger partial charge in [-0.2, -0.15) is 0 Å². The fraction of sp³-hybridized carbons (Fsp3) is 0.125. The fourth-order valence-corrected chi connectivity index (χ4v) is 2.21. The zero-order valence-electron chi connectivity index (χ0n) is 12.5. The second-order valence-electron chi connectivity index (χ2n) is 4.99. The monoisotopic (exact) mass is 309 g/mol. The van der Waals surface area contributed by atoms with Crippen LogP contribution in [0.1, 0.15) is 23.1 Å². The number of carbonyl (C=O) groups is 2. The van der Waals surface area contributed by atoms with Gasteiger partial charge in [-0.3, -0.25) is 14.0 Å². The summed E-state index contributed by atoms with van der Waals surface area (Å²) in [5.41, 5.74) is 1.77. The van der Waals surface area contributed by atoms with E-state index in [0.717, 1.165) is 5.65 Å². The third kappa shape index (κ3) is 3.34. The summed E-state index contributed by atoms with van der Waals surface area (Å²) in [7, 11) is 0. The van der Waals surface area contributed by atoms with Crippen molar-refractivity contribution in [2.45, 2.75) is 13.5 Å². The number of nitrogens with one attached hydrogen (secondary N) is 2. The highest BCUT2D eigenvalue weighted by atomic mass is 16.2. The highest BCUT2D eigenvalue weighted by Gasteiger charge is 2.09. The molecule has 23 heavy (non-hydrogen) atoms. The summed E-state index contributed by atoms with van der Waals surface area (Å²) in [6.07, 6.45) is 1.84. The molecule has 0 saturated carbocycles. The number of amides is 2. The molecule has 0 saturated heterocycles. The SMILES string of the molecule is CC(=O)Nc1cccc(C(=O)NCc2nnc3ccccn23)c1. The van der Waals surface area contributed by atoms with Gasteiger partial charge in [-0.05, 0) is 30.3 Å². The minimum atomic E-state index is -0.245. The summed E-state index contributed by atoms with van der Waals surface area (Å²) in [5.74, 6) is 0.217. The lowest BCUT2D eigenvalue weighted by molar-refractivity contribution is -0.114. The lowest BCUT2D eigenvalue weighted by Gasteiger charge is -2.07. The molecule has 0 unspecified atom stereocenters. The molecule has 2 heterocycles. The first kappa shape index (κ1) is 14.7. The van der Waals surface area contributed by atoms with Gasteiger partial charge in [0.05, 0.1) is 6.54 Å². The first-order valence-electron chi connectivity index (χ1n) is 7.08. The molecular formula is C16H15N5O2. The Hall–Kier alpha value is -3.22. The Labute approximate surface area is 132 Å². The van der Waals surface area contributed by atoms with Gasteiger partial charge in [-0.1, -0.05) is 12.1 Å². The zero-order valence-corrected chi connectivity index (χ0v) is 12.5. The summed E-state index contributed by atoms with van der Waals surface area (Å²) in [5, 5.41) is 13.5. The predicted molar refractivity (Wildman–Crippen MR) is 84.9 cm³/mol. The van der Waals surface area contributed by atoms with E-state index in [9.17, 15) is 9.59 Å². The van der Waals surface area contributed by atoms with E-state index in [2.05, 4.69) is 20.8 Å². The number of aromatic nitrogens is 3. The molecule has 0 radical (unpaired) electrons. The number of nitrogens with zero attached hydrogens (tertiary/aromatic N) is 3. The van der Waals surface area contributed by atoms with Crippen molar-refractivity contribution < 1.29 is 9.59 Å². The van der Waals surface area contributed by atoms with Crippen molar-refractivity contribution in [2.75, 3.05) is 5.32 Å². The highest BCUT2D eigenvalue weighted by molar-refractivity contribution is 5.96. The number of fused-ring (bicyclic) bond motifs is 1. The highest BCUT2D eigenvalue weighted by Crippen LogP contribution is 2.11. The lowest BCUT2D eigenvalue weighted by atomic mass is 10.2. The molecule has 0 aliphatic heterocycles. The molecule has 3 aromatic rings. The maximum absolute atomic E-state index is 12.2. The van der Waals surface area contributed by atoms with Crippen LogP contribution in [0.2, 0.25) is 0 Å². The molecule has 7 heteroatoms. The largest absolute Gasteiger partial charge is 0.345 e. The average Bonchev–Trinajstić information content (AvgIpc) is 2.95. The number of carbonyl (C=O) groups excluding carboxylic acids is 2. The molecule has 0 fully saturated rings. The minimum Gasteiger partial charge on any atom is -0.345 e. The molecule has 3 rings (SSSR count). The van der Waals surface area contributed by atoms with Crippen LogP contribution in [0.5, 0.6) is 0 Å². The van der Waals surface area contributed by atoms with E-state index in [1.807, 2.05) is 28.8 Å². The van der Waals surface area contributed by atoms with Crippen molar-refractivity contribution in [2.24, 2.45) is 0 Å². The van der Waals surface area contributed by atoms with Crippen molar-refractivity contribution in [1.29, 1.82) is 0 Å². The standard InChI is InChI=1S/C16H15N5O2/c1-11(22)18-13-6-4-5-12(9-13)16(23)17-10-15-20-19-14-7-2-3-8-21(14)15/h2-9H,10H2,1H3,(H,17,23)(H,18,22). The summed E-state index contributed by atoms with van der Waals surface area (Å²) < 4.78 is 1.81. The maximum Gasteiger partial charge on any atom is 0.251 e. The van der Waals surface area contributed by atoms with E-state index in [4.69, 9.17) is 0 Å². The molecule has 0 aliphatic rings. The van der Waals surface area contributed by atoms with Crippen LogP contribution < -0.4 is 10.6 Å². The molecule has 2 amide bonds. The first-order chi connectivity index (χ1) is 11.1. The molecule has 0 atom stereocenters. The van der Waals surface area contributed by atoms with Crippen molar-refractivity contribution in [3.8, 4) is 0 Å². The van der Waals surface area contributed by atoms with Gasteiger partial charge >= 0.3 is 0 Å². The van der Waals surface area contributed by atoms with Gasteiger partial charge in [0.2, 0.25) is 5.91 Å². The van der Waals surface area contributed by atoms with Gasteiger partial charge in [0, 0.05) is 24.4 Å². The van der Waals surface area contributed by atoms with Gasteiger partial charge in [0.15, 0.2) is 11.5 Å². The van der Waals surface area contributed by atoms with Gasteiger partial charge in [0.1, 0.15) is 0 Å². The smallest absolute Gasteiger partial charge is 0.251 e. The summed E-state index contributed by atoms with van der Waals surface area (Å²) in [6, 6.07) is 12.3. The van der Waals surface area contributed by atoms with Crippen LogP contribution >= 0.6 is 0 Å². The van der Waals surface area contributed by atoms with Crippen molar-refractivity contribution in [1.82, 2.24) is 19.9 Å². The number of hydrogen-bond donors (Lipinski definition) is 2. The topological polar surface area (TPSA) is 88.4 Å². The van der Waals surface area contributed by atoms with Crippen LogP contribution in [-0.2, 0) is 11.3 Å². The van der Waals surface area contributed by atoms with Crippen LogP contribution in [0.15, 0.2) is 48.7 Å². The Balaban J connectivity index is 1.71. The maximum atomic E-state index is 12.2. The van der Waals surface area contributed by atoms with Gasteiger partial charge in [0.25, 0.3) is 5.91 Å². The summed E-state index contributed by atoms with van der Waals surface area (Å²) in [6.45, 7) is 1.68. The van der Waals surface area contributed by atoms with Crippen molar-refractivity contribution in [3.63, 3.8) is 0 Å². The van der Waals surface area contributed by atoms with Crippen LogP contribution in [0, 0.1) is 0 Å². The normalized spacial score (nSPS) is 10.5. The second kappa shape index (κ2) is 6.27. The third-order valence-electron chi connectivity index (χ3n) is 3.24. The Morgan fingerprint density at radius 1 is 1.13 bits per heavy atom. The molecule has 0 bridgehead atoms. The van der Waals surface area contributed by atoms with Crippen molar-refractivity contribution in [3.05, 3.63) is 60.0 Å². The number of rotatable bonds is 4. The molecule has 116 valence electrons. The van der Waals surface area contributed by atoms with E-state index in [1.165, 1.54) is 6.92 Å². The molecule has 0 spiro atoms. The molecular weight excluding hydrogens is 294 g/mol. The van der Waals surface area contributed by atoms with Gasteiger partial charge in [-0.15, -0.1) is 10.2 Å². The number of hydrogen-bond acceptors (Lipinski definition) is 4. The van der Waals surface area contributed by atoms with E-state index in [0.29, 0.717) is 17.1 Å². The Bertz CT molecular complexity index is 872. The Morgan fingerprint density at radius 3 is 2.83 bits per heavy atom. The van der Waals surface area contributed by atoms with Gasteiger partial charge < -0.3 is 10.6 Å². The van der Waals surface area contributed by atoms with E-state index in [-0.39, 0.29) is 18.4 Å². The average molecular weight is 309 g/mol. The predicted octanol–water partition coefficient (Wildman–Crippen LogP) is 1.62. The van der Waals surface area contributed by atoms with E-state index < -0.39 is 0 Å². The Morgan fingerprint density at radius 2 is 2.00 bits per heavy atom. The van der Waals surface area contributed by atoms with E-state index in [1.54, 1.807) is 24.3 Å². The van der Waals surface area contributed by atoms with Crippen LogP contribution in [0.3, 0.4) is 0 Å². The molecule has 7 nitrogen and oxygen atoms in total. The minimum absolute atomic E-state index is 0.183. The van der Waals surface area contributed by atoms with Crippen LogP contribution in [0.4, 0.5) is 5.69 Å². The number of benzene rings is 1. The quantitative estimate of drug-likeness (QED) is 0.766. The molecule has 2 aromatic heterocycles. The van der Waals surface area contributed by atoms with Crippen LogP contribution in [-0.4, -0.2) is 26.4 Å². The fourth-order valence-electron chi connectivity index (χ4n) is 2.21.